The van der Waals surface area contributed by atoms with Crippen molar-refractivity contribution in [1.29, 1.82) is 0 Å². The van der Waals surface area contributed by atoms with Crippen molar-refractivity contribution in [3.8, 4) is 0 Å². The Balaban J connectivity index is 1.63. The summed E-state index contributed by atoms with van der Waals surface area (Å²) >= 11 is 0. The third-order valence-corrected chi connectivity index (χ3v) is 2.63. The van der Waals surface area contributed by atoms with Gasteiger partial charge in [-0.05, 0) is 12.1 Å². The molecule has 2 N–H and O–H groups in total. The molecule has 0 saturated carbocycles. The highest BCUT2D eigenvalue weighted by Gasteiger charge is 2.16. The maximum atomic E-state index is 11.7. The molecule has 3 heterocycles. The van der Waals surface area contributed by atoms with Gasteiger partial charge in [0.25, 0.3) is 5.91 Å². The van der Waals surface area contributed by atoms with Crippen LogP contribution in [0, 0.1) is 0 Å². The SMILES string of the molecule is O=C(NC1C=NC(c2ccccn2)=CN1)c1cnco1. The molecule has 0 radical (unpaired) electrons. The Morgan fingerprint density at radius 2 is 2.35 bits per heavy atom. The van der Waals surface area contributed by atoms with Crippen molar-refractivity contribution < 1.29 is 9.21 Å². The van der Waals surface area contributed by atoms with Crippen LogP contribution >= 0.6 is 0 Å². The second-order valence-corrected chi connectivity index (χ2v) is 4.01. The number of hydrogen-bond donors (Lipinski definition) is 2. The Morgan fingerprint density at radius 3 is 3.00 bits per heavy atom. The van der Waals surface area contributed by atoms with Crippen molar-refractivity contribution in [2.45, 2.75) is 6.17 Å². The first-order valence-corrected chi connectivity index (χ1v) is 5.94. The van der Waals surface area contributed by atoms with E-state index in [9.17, 15) is 4.79 Å². The van der Waals surface area contributed by atoms with Crippen LogP contribution in [0.25, 0.3) is 5.70 Å². The van der Waals surface area contributed by atoms with E-state index in [-0.39, 0.29) is 11.7 Å². The van der Waals surface area contributed by atoms with Crippen LogP contribution in [0.4, 0.5) is 0 Å². The highest BCUT2D eigenvalue weighted by Crippen LogP contribution is 2.13. The van der Waals surface area contributed by atoms with Crippen LogP contribution in [0.5, 0.6) is 0 Å². The number of carbonyl (C=O) groups is 1. The summed E-state index contributed by atoms with van der Waals surface area (Å²) in [7, 11) is 0. The minimum atomic E-state index is -0.403. The number of nitrogens with one attached hydrogen (secondary N) is 2. The van der Waals surface area contributed by atoms with E-state index in [2.05, 4.69) is 25.6 Å². The maximum absolute atomic E-state index is 11.7. The molecule has 1 unspecified atom stereocenters. The van der Waals surface area contributed by atoms with E-state index in [4.69, 9.17) is 4.42 Å². The van der Waals surface area contributed by atoms with Gasteiger partial charge in [0.05, 0.1) is 11.9 Å². The lowest BCUT2D eigenvalue weighted by Gasteiger charge is -2.18. The predicted molar refractivity (Wildman–Crippen MR) is 71.6 cm³/mol. The number of aromatic nitrogens is 2. The van der Waals surface area contributed by atoms with Crippen LogP contribution < -0.4 is 10.6 Å². The topological polar surface area (TPSA) is 92.4 Å². The number of oxazole rings is 1. The lowest BCUT2D eigenvalue weighted by atomic mass is 10.2. The molecule has 0 fully saturated rings. The first-order chi connectivity index (χ1) is 9.83. The van der Waals surface area contributed by atoms with Crippen LogP contribution in [-0.4, -0.2) is 28.3 Å². The molecule has 0 aromatic carbocycles. The highest BCUT2D eigenvalue weighted by atomic mass is 16.3. The molecule has 0 spiro atoms. The van der Waals surface area contributed by atoms with E-state index in [1.807, 2.05) is 18.2 Å². The number of aliphatic imine (C=N–C) groups is 1. The first-order valence-electron chi connectivity index (χ1n) is 5.94. The quantitative estimate of drug-likeness (QED) is 0.859. The van der Waals surface area contributed by atoms with Crippen LogP contribution in [-0.2, 0) is 0 Å². The summed E-state index contributed by atoms with van der Waals surface area (Å²) in [4.78, 5) is 23.9. The van der Waals surface area contributed by atoms with E-state index in [1.165, 1.54) is 12.6 Å². The van der Waals surface area contributed by atoms with Crippen LogP contribution in [0.2, 0.25) is 0 Å². The normalized spacial score (nSPS) is 17.2. The zero-order valence-electron chi connectivity index (χ0n) is 10.4. The Bertz CT molecular complexity index is 649. The Hall–Kier alpha value is -2.96. The summed E-state index contributed by atoms with van der Waals surface area (Å²) in [6.45, 7) is 0. The molecular weight excluding hydrogens is 258 g/mol. The molecule has 2 aromatic heterocycles. The highest BCUT2D eigenvalue weighted by molar-refractivity contribution is 5.93. The lowest BCUT2D eigenvalue weighted by Crippen LogP contribution is -2.45. The predicted octanol–water partition coefficient (Wildman–Crippen LogP) is 0.798. The van der Waals surface area contributed by atoms with E-state index in [0.29, 0.717) is 5.70 Å². The van der Waals surface area contributed by atoms with Gasteiger partial charge in [-0.1, -0.05) is 6.07 Å². The Labute approximate surface area is 114 Å². The second kappa shape index (κ2) is 5.35. The summed E-state index contributed by atoms with van der Waals surface area (Å²) in [5.74, 6) is -0.208. The van der Waals surface area contributed by atoms with Crippen molar-refractivity contribution in [2.24, 2.45) is 4.99 Å². The smallest absolute Gasteiger partial charge is 0.290 e. The minimum absolute atomic E-state index is 0.153. The lowest BCUT2D eigenvalue weighted by molar-refractivity contribution is 0.0917. The number of amides is 1. The molecule has 7 heteroatoms. The van der Waals surface area contributed by atoms with Crippen molar-refractivity contribution >= 4 is 17.8 Å². The van der Waals surface area contributed by atoms with Gasteiger partial charge in [-0.25, -0.2) is 4.98 Å². The molecular formula is C13H11N5O2. The second-order valence-electron chi connectivity index (χ2n) is 4.01. The molecule has 2 aromatic rings. The number of pyridine rings is 1. The van der Waals surface area contributed by atoms with Crippen molar-refractivity contribution in [2.75, 3.05) is 0 Å². The van der Waals surface area contributed by atoms with E-state index in [1.54, 1.807) is 18.6 Å². The number of rotatable bonds is 3. The van der Waals surface area contributed by atoms with E-state index < -0.39 is 6.17 Å². The molecule has 1 atom stereocenters. The molecule has 1 amide bonds. The van der Waals surface area contributed by atoms with E-state index >= 15 is 0 Å². The van der Waals surface area contributed by atoms with Gasteiger partial charge in [0.15, 0.2) is 6.39 Å². The Morgan fingerprint density at radius 1 is 1.40 bits per heavy atom. The summed E-state index contributed by atoms with van der Waals surface area (Å²) in [5, 5.41) is 5.71. The summed E-state index contributed by atoms with van der Waals surface area (Å²) in [6, 6.07) is 5.58. The fraction of sp³-hybridized carbons (Fsp3) is 0.0769. The fourth-order valence-electron chi connectivity index (χ4n) is 1.68. The zero-order valence-corrected chi connectivity index (χ0v) is 10.4. The summed E-state index contributed by atoms with van der Waals surface area (Å²) in [5.41, 5.74) is 1.46. The maximum Gasteiger partial charge on any atom is 0.290 e. The number of carbonyl (C=O) groups excluding carboxylic acids is 1. The van der Waals surface area contributed by atoms with Crippen molar-refractivity contribution in [1.82, 2.24) is 20.6 Å². The number of nitrogens with zero attached hydrogens (tertiary/aromatic N) is 3. The average Bonchev–Trinajstić information content (AvgIpc) is 3.03. The van der Waals surface area contributed by atoms with Crippen molar-refractivity contribution in [3.63, 3.8) is 0 Å². The fourth-order valence-corrected chi connectivity index (χ4v) is 1.68. The van der Waals surface area contributed by atoms with Crippen molar-refractivity contribution in [3.05, 3.63) is 54.6 Å². The van der Waals surface area contributed by atoms with Crippen LogP contribution in [0.15, 0.2) is 52.6 Å². The van der Waals surface area contributed by atoms with Gasteiger partial charge in [-0.3, -0.25) is 14.8 Å². The molecule has 0 bridgehead atoms. The zero-order chi connectivity index (χ0) is 13.8. The third-order valence-electron chi connectivity index (χ3n) is 2.63. The van der Waals surface area contributed by atoms with Gasteiger partial charge < -0.3 is 15.1 Å². The number of hydrogen-bond acceptors (Lipinski definition) is 6. The largest absolute Gasteiger partial charge is 0.438 e. The van der Waals surface area contributed by atoms with E-state index in [0.717, 1.165) is 5.69 Å². The third kappa shape index (κ3) is 2.56. The van der Waals surface area contributed by atoms with Gasteiger partial charge in [0.2, 0.25) is 5.76 Å². The summed E-state index contributed by atoms with van der Waals surface area (Å²) in [6.07, 6.45) is 7.15. The van der Waals surface area contributed by atoms with Crippen LogP contribution in [0.3, 0.4) is 0 Å². The summed E-state index contributed by atoms with van der Waals surface area (Å²) < 4.78 is 4.91. The van der Waals surface area contributed by atoms with Gasteiger partial charge in [0, 0.05) is 18.6 Å². The standard InChI is InChI=1S/C13H11N5O2/c19-13(11-6-14-8-20-11)18-12-7-16-10(5-17-12)9-3-1-2-4-15-9/h1-8,12,17H,(H,18,19). The molecule has 20 heavy (non-hydrogen) atoms. The van der Waals surface area contributed by atoms with Gasteiger partial charge in [0.1, 0.15) is 11.9 Å². The van der Waals surface area contributed by atoms with Gasteiger partial charge in [-0.15, -0.1) is 0 Å². The van der Waals surface area contributed by atoms with Gasteiger partial charge >= 0.3 is 0 Å². The molecule has 0 saturated heterocycles. The monoisotopic (exact) mass is 269 g/mol. The first kappa shape index (κ1) is 12.1. The molecule has 3 rings (SSSR count). The molecule has 0 aliphatic carbocycles. The van der Waals surface area contributed by atoms with Crippen LogP contribution in [0.1, 0.15) is 16.2 Å². The molecule has 1 aliphatic rings. The molecule has 1 aliphatic heterocycles. The Kier molecular flexibility index (Phi) is 3.24. The average molecular weight is 269 g/mol. The molecule has 100 valence electrons. The van der Waals surface area contributed by atoms with Gasteiger partial charge in [-0.2, -0.15) is 0 Å². The molecule has 7 nitrogen and oxygen atoms in total. The minimum Gasteiger partial charge on any atom is -0.438 e.